The van der Waals surface area contributed by atoms with Crippen molar-refractivity contribution < 1.29 is 14.8 Å². The molecular formula is C13H14N2O4. The highest BCUT2D eigenvalue weighted by Crippen LogP contribution is 2.30. The van der Waals surface area contributed by atoms with Crippen LogP contribution in [-0.2, 0) is 4.79 Å². The van der Waals surface area contributed by atoms with Gasteiger partial charge >= 0.3 is 5.97 Å². The molecular weight excluding hydrogens is 248 g/mol. The Bertz CT molecular complexity index is 557. The average molecular weight is 262 g/mol. The molecule has 1 atom stereocenters. The zero-order valence-electron chi connectivity index (χ0n) is 10.4. The van der Waals surface area contributed by atoms with Crippen molar-refractivity contribution in [2.45, 2.75) is 25.7 Å². The molecule has 100 valence electrons. The molecule has 0 fully saturated rings. The first kappa shape index (κ1) is 14.5. The number of nitrogen functional groups attached to an aromatic ring is 1. The van der Waals surface area contributed by atoms with Gasteiger partial charge in [-0.2, -0.15) is 0 Å². The van der Waals surface area contributed by atoms with Crippen LogP contribution in [-0.4, -0.2) is 16.0 Å². The van der Waals surface area contributed by atoms with E-state index in [2.05, 4.69) is 11.8 Å². The molecule has 0 amide bonds. The number of benzene rings is 1. The molecule has 6 nitrogen and oxygen atoms in total. The summed E-state index contributed by atoms with van der Waals surface area (Å²) < 4.78 is 0. The highest BCUT2D eigenvalue weighted by atomic mass is 16.6. The first-order chi connectivity index (χ1) is 8.97. The highest BCUT2D eigenvalue weighted by molar-refractivity contribution is 5.79. The van der Waals surface area contributed by atoms with Gasteiger partial charge in [-0.3, -0.25) is 14.9 Å². The number of carboxylic acids is 1. The van der Waals surface area contributed by atoms with Gasteiger partial charge < -0.3 is 10.8 Å². The largest absolute Gasteiger partial charge is 0.481 e. The van der Waals surface area contributed by atoms with Crippen molar-refractivity contribution in [2.75, 3.05) is 5.73 Å². The van der Waals surface area contributed by atoms with Crippen molar-refractivity contribution in [3.05, 3.63) is 33.9 Å². The third kappa shape index (κ3) is 3.71. The Kier molecular flexibility index (Phi) is 4.89. The minimum Gasteiger partial charge on any atom is -0.481 e. The molecule has 0 aromatic heterocycles. The minimum atomic E-state index is -1.06. The molecule has 1 aromatic carbocycles. The maximum Gasteiger partial charge on any atom is 0.311 e. The second-order valence-electron chi connectivity index (χ2n) is 3.93. The van der Waals surface area contributed by atoms with Crippen LogP contribution in [0.15, 0.2) is 18.2 Å². The van der Waals surface area contributed by atoms with E-state index in [0.717, 1.165) is 0 Å². The molecule has 0 radical (unpaired) electrons. The quantitative estimate of drug-likeness (QED) is 0.366. The molecule has 3 N–H and O–H groups in total. The predicted molar refractivity (Wildman–Crippen MR) is 70.6 cm³/mol. The third-order valence-corrected chi connectivity index (χ3v) is 2.69. The van der Waals surface area contributed by atoms with Crippen molar-refractivity contribution in [1.82, 2.24) is 0 Å². The first-order valence-corrected chi connectivity index (χ1v) is 5.63. The molecule has 0 aliphatic carbocycles. The normalized spacial score (nSPS) is 11.2. The van der Waals surface area contributed by atoms with Crippen LogP contribution in [0.4, 0.5) is 11.4 Å². The standard InChI is InChI=1S/C13H14N2O4/c1-2-3-4-5-10(13(16)17)11-8-9(15(18)19)6-7-12(11)14/h6-8,10H,4-5,14H2,1H3,(H,16,17). The van der Waals surface area contributed by atoms with E-state index < -0.39 is 16.8 Å². The van der Waals surface area contributed by atoms with Crippen molar-refractivity contribution in [2.24, 2.45) is 0 Å². The van der Waals surface area contributed by atoms with Gasteiger partial charge in [0.25, 0.3) is 5.69 Å². The molecule has 0 aliphatic heterocycles. The van der Waals surface area contributed by atoms with Gasteiger partial charge in [0.1, 0.15) is 0 Å². The van der Waals surface area contributed by atoms with Crippen LogP contribution < -0.4 is 5.73 Å². The molecule has 1 rings (SSSR count). The zero-order valence-corrected chi connectivity index (χ0v) is 10.4. The van der Waals surface area contributed by atoms with E-state index in [4.69, 9.17) is 5.73 Å². The maximum atomic E-state index is 11.3. The van der Waals surface area contributed by atoms with Crippen molar-refractivity contribution in [1.29, 1.82) is 0 Å². The second-order valence-corrected chi connectivity index (χ2v) is 3.93. The summed E-state index contributed by atoms with van der Waals surface area (Å²) in [5.41, 5.74) is 6.04. The van der Waals surface area contributed by atoms with Crippen LogP contribution in [0.25, 0.3) is 0 Å². The van der Waals surface area contributed by atoms with Crippen LogP contribution in [0.5, 0.6) is 0 Å². The lowest BCUT2D eigenvalue weighted by Gasteiger charge is -2.13. The van der Waals surface area contributed by atoms with Crippen molar-refractivity contribution in [3.63, 3.8) is 0 Å². The Labute approximate surface area is 110 Å². The summed E-state index contributed by atoms with van der Waals surface area (Å²) in [6.07, 6.45) is 0.664. The van der Waals surface area contributed by atoms with Crippen LogP contribution >= 0.6 is 0 Å². The van der Waals surface area contributed by atoms with Crippen molar-refractivity contribution >= 4 is 17.3 Å². The summed E-state index contributed by atoms with van der Waals surface area (Å²) in [6, 6.07) is 3.83. The molecule has 0 spiro atoms. The molecule has 1 aromatic rings. The number of carbonyl (C=O) groups is 1. The number of non-ortho nitro benzene ring substituents is 1. The maximum absolute atomic E-state index is 11.3. The van der Waals surface area contributed by atoms with Crippen LogP contribution in [0.1, 0.15) is 31.2 Å². The summed E-state index contributed by atoms with van der Waals surface area (Å²) in [5.74, 6) is 3.49. The molecule has 19 heavy (non-hydrogen) atoms. The molecule has 6 heteroatoms. The van der Waals surface area contributed by atoms with E-state index in [9.17, 15) is 20.0 Å². The second kappa shape index (κ2) is 6.40. The van der Waals surface area contributed by atoms with E-state index in [1.54, 1.807) is 6.92 Å². The van der Waals surface area contributed by atoms with Gasteiger partial charge in [0.15, 0.2) is 0 Å². The first-order valence-electron chi connectivity index (χ1n) is 5.63. The summed E-state index contributed by atoms with van der Waals surface area (Å²) >= 11 is 0. The number of hydrogen-bond donors (Lipinski definition) is 2. The highest BCUT2D eigenvalue weighted by Gasteiger charge is 2.23. The Morgan fingerprint density at radius 2 is 2.26 bits per heavy atom. The number of hydrogen-bond acceptors (Lipinski definition) is 4. The van der Waals surface area contributed by atoms with Gasteiger partial charge in [-0.15, -0.1) is 11.8 Å². The van der Waals surface area contributed by atoms with Gasteiger partial charge in [-0.1, -0.05) is 0 Å². The van der Waals surface area contributed by atoms with Gasteiger partial charge in [0.05, 0.1) is 10.8 Å². The topological polar surface area (TPSA) is 106 Å². The third-order valence-electron chi connectivity index (χ3n) is 2.69. The molecule has 0 bridgehead atoms. The molecule has 0 heterocycles. The van der Waals surface area contributed by atoms with Gasteiger partial charge in [0, 0.05) is 24.2 Å². The lowest BCUT2D eigenvalue weighted by molar-refractivity contribution is -0.384. The number of rotatable bonds is 5. The van der Waals surface area contributed by atoms with E-state index in [1.165, 1.54) is 18.2 Å². The Balaban J connectivity index is 3.12. The Morgan fingerprint density at radius 3 is 2.79 bits per heavy atom. The number of nitrogens with zero attached hydrogens (tertiary/aromatic N) is 1. The lowest BCUT2D eigenvalue weighted by atomic mass is 9.92. The summed E-state index contributed by atoms with van der Waals surface area (Å²) in [7, 11) is 0. The monoisotopic (exact) mass is 262 g/mol. The summed E-state index contributed by atoms with van der Waals surface area (Å²) in [5, 5.41) is 19.9. The predicted octanol–water partition coefficient (Wildman–Crippen LogP) is 2.15. The number of nitro benzene ring substituents is 1. The average Bonchev–Trinajstić information content (AvgIpc) is 2.35. The van der Waals surface area contributed by atoms with E-state index in [0.29, 0.717) is 6.42 Å². The lowest BCUT2D eigenvalue weighted by Crippen LogP contribution is -2.13. The molecule has 0 aliphatic rings. The van der Waals surface area contributed by atoms with Gasteiger partial charge in [0.2, 0.25) is 0 Å². The molecule has 0 saturated heterocycles. The number of anilines is 1. The van der Waals surface area contributed by atoms with Gasteiger partial charge in [-0.25, -0.2) is 0 Å². The van der Waals surface area contributed by atoms with Crippen molar-refractivity contribution in [3.8, 4) is 11.8 Å². The zero-order chi connectivity index (χ0) is 14.4. The fourth-order valence-electron chi connectivity index (χ4n) is 1.73. The molecule has 1 unspecified atom stereocenters. The number of carboxylic acid groups (broad SMARTS) is 1. The van der Waals surface area contributed by atoms with E-state index >= 15 is 0 Å². The van der Waals surface area contributed by atoms with Gasteiger partial charge in [-0.05, 0) is 25.0 Å². The Morgan fingerprint density at radius 1 is 1.58 bits per heavy atom. The number of aliphatic carboxylic acids is 1. The van der Waals surface area contributed by atoms with Crippen LogP contribution in [0.3, 0.4) is 0 Å². The SMILES string of the molecule is CC#CCCC(C(=O)O)c1cc([N+](=O)[O-])ccc1N. The van der Waals surface area contributed by atoms with Crippen LogP contribution in [0, 0.1) is 22.0 Å². The Hall–Kier alpha value is -2.55. The van der Waals surface area contributed by atoms with Crippen LogP contribution in [0.2, 0.25) is 0 Å². The smallest absolute Gasteiger partial charge is 0.311 e. The fraction of sp³-hybridized carbons (Fsp3) is 0.308. The number of nitro groups is 1. The van der Waals surface area contributed by atoms with E-state index in [-0.39, 0.29) is 23.4 Å². The van der Waals surface area contributed by atoms with E-state index in [1.807, 2.05) is 0 Å². The summed E-state index contributed by atoms with van der Waals surface area (Å²) in [6.45, 7) is 1.66. The minimum absolute atomic E-state index is 0.169. The number of nitrogens with two attached hydrogens (primary N) is 1. The molecule has 0 saturated carbocycles. The fourth-order valence-corrected chi connectivity index (χ4v) is 1.73. The summed E-state index contributed by atoms with van der Waals surface area (Å²) in [4.78, 5) is 21.4.